The molecule has 1 rings (SSSR count). The Kier molecular flexibility index (Phi) is 64.8. The van der Waals surface area contributed by atoms with Crippen LogP contribution in [0.15, 0.2) is 12.3 Å². The Morgan fingerprint density at radius 2 is 0.959 bits per heavy atom. The van der Waals surface area contributed by atoms with E-state index in [4.69, 9.17) is 34.4 Å². The quantitative estimate of drug-likeness (QED) is 0.0213. The first kappa shape index (κ1) is 75.6. The molecule has 1 aliphatic heterocycles. The number of nitrogens with one attached hydrogen (secondary N) is 1. The summed E-state index contributed by atoms with van der Waals surface area (Å²) in [5.41, 5.74) is 0. The number of nitriles is 1. The van der Waals surface area contributed by atoms with Crippen LogP contribution in [0.5, 0.6) is 0 Å². The molecule has 8 nitrogen and oxygen atoms in total. The molecule has 0 spiro atoms. The Bertz CT molecular complexity index is 1120. The van der Waals surface area contributed by atoms with E-state index in [0.29, 0.717) is 12.8 Å². The van der Waals surface area contributed by atoms with Gasteiger partial charge in [-0.3, -0.25) is 0 Å². The molecule has 0 radical (unpaired) electrons. The number of rotatable bonds is 57. The third kappa shape index (κ3) is 53.6. The molecule has 9 heteroatoms. The van der Waals surface area contributed by atoms with E-state index < -0.39 is 0 Å². The van der Waals surface area contributed by atoms with Crippen molar-refractivity contribution in [2.75, 3.05) is 52.7 Å². The van der Waals surface area contributed by atoms with Crippen molar-refractivity contribution in [3.63, 3.8) is 0 Å². The van der Waals surface area contributed by atoms with Gasteiger partial charge in [-0.15, -0.1) is 0 Å². The zero-order valence-corrected chi connectivity index (χ0v) is 54.1. The van der Waals surface area contributed by atoms with E-state index in [9.17, 15) is 0 Å². The summed E-state index contributed by atoms with van der Waals surface area (Å²) in [6, 6.07) is 2.31. The Balaban J connectivity index is 0. The maximum atomic E-state index is 8.87. The minimum absolute atomic E-state index is 0. The van der Waals surface area contributed by atoms with Gasteiger partial charge in [-0.25, -0.2) is 0 Å². The summed E-state index contributed by atoms with van der Waals surface area (Å²) in [5.74, 6) is 2.65. The number of likely N-dealkylation sites (tertiary alicyclic amines) is 1. The van der Waals surface area contributed by atoms with Gasteiger partial charge in [0, 0.05) is 52.2 Å². The van der Waals surface area contributed by atoms with Gasteiger partial charge in [-0.05, 0) is 89.1 Å². The predicted molar refractivity (Wildman–Crippen MR) is 314 cm³/mol. The van der Waals surface area contributed by atoms with E-state index in [0.717, 1.165) is 115 Å². The Morgan fingerprint density at radius 1 is 0.554 bits per heavy atom. The number of allylic oxidation sites excluding steroid dienone is 1. The molecule has 0 aromatic carbocycles. The van der Waals surface area contributed by atoms with Gasteiger partial charge >= 0.3 is 31.1 Å². The van der Waals surface area contributed by atoms with Crippen LogP contribution in [0.1, 0.15) is 310 Å². The van der Waals surface area contributed by atoms with Gasteiger partial charge in [0.1, 0.15) is 0 Å². The van der Waals surface area contributed by atoms with Crippen molar-refractivity contribution in [2.45, 2.75) is 323 Å². The predicted octanol–water partition coefficient (Wildman–Crippen LogP) is 19.9. The molecule has 0 saturated carbocycles. The van der Waals surface area contributed by atoms with E-state index >= 15 is 0 Å². The van der Waals surface area contributed by atoms with Crippen molar-refractivity contribution in [3.8, 4) is 6.07 Å². The van der Waals surface area contributed by atoms with Gasteiger partial charge in [0.05, 0.1) is 18.4 Å². The molecule has 0 aliphatic carbocycles. The molecular formula is C65H125N3O5U. The summed E-state index contributed by atoms with van der Waals surface area (Å²) >= 11 is 0. The van der Waals surface area contributed by atoms with Crippen LogP contribution in [0.4, 0.5) is 0 Å². The second-order valence-corrected chi connectivity index (χ2v) is 21.9. The molecule has 0 bridgehead atoms. The molecule has 74 heavy (non-hydrogen) atoms. The van der Waals surface area contributed by atoms with Crippen molar-refractivity contribution in [3.05, 3.63) is 19.3 Å². The normalized spacial score (nSPS) is 14.7. The zero-order chi connectivity index (χ0) is 53.2. The summed E-state index contributed by atoms with van der Waals surface area (Å²) < 4.78 is 30.2. The van der Waals surface area contributed by atoms with Crippen LogP contribution < -0.4 is 0 Å². The smallest absolute Gasteiger partial charge is 0.519 e. The number of unbranched alkanes of at least 4 members (excludes halogenated alkanes) is 30. The van der Waals surface area contributed by atoms with Crippen molar-refractivity contribution in [1.29, 1.82) is 10.7 Å². The third-order valence-corrected chi connectivity index (χ3v) is 15.0. The molecule has 2 atom stereocenters. The van der Waals surface area contributed by atoms with E-state index in [1.807, 2.05) is 0 Å². The van der Waals surface area contributed by atoms with Crippen molar-refractivity contribution in [1.82, 2.24) is 4.90 Å². The van der Waals surface area contributed by atoms with E-state index in [1.165, 1.54) is 225 Å². The second-order valence-electron chi connectivity index (χ2n) is 21.9. The molecule has 2 unspecified atom stereocenters. The Morgan fingerprint density at radius 3 is 1.41 bits per heavy atom. The van der Waals surface area contributed by atoms with E-state index in [2.05, 4.69) is 58.4 Å². The molecule has 1 N–H and O–H groups in total. The average Bonchev–Trinajstić information content (AvgIpc) is 3.40. The van der Waals surface area contributed by atoms with Crippen LogP contribution >= 0.6 is 0 Å². The minimum Gasteiger partial charge on any atom is -0.519 e. The fourth-order valence-corrected chi connectivity index (χ4v) is 10.2. The maximum Gasteiger partial charge on any atom is 2.00 e. The number of piperidine rings is 1. The van der Waals surface area contributed by atoms with Crippen LogP contribution in [0.3, 0.4) is 0 Å². The second kappa shape index (κ2) is 63.4. The van der Waals surface area contributed by atoms with Gasteiger partial charge in [0.2, 0.25) is 0 Å². The average molecular weight is 1270 g/mol. The summed E-state index contributed by atoms with van der Waals surface area (Å²) in [6.07, 6.45) is 55.8. The number of nitrogens with zero attached hydrogens (tertiary/aromatic N) is 2. The molecule has 0 aromatic heterocycles. The number of hydrogen-bond donors (Lipinski definition) is 1. The van der Waals surface area contributed by atoms with Crippen molar-refractivity contribution in [2.24, 2.45) is 11.8 Å². The largest absolute Gasteiger partial charge is 2.00 e. The van der Waals surface area contributed by atoms with Gasteiger partial charge in [0.15, 0.2) is 12.6 Å². The summed E-state index contributed by atoms with van der Waals surface area (Å²) in [5, 5.41) is 15.9. The summed E-state index contributed by atoms with van der Waals surface area (Å²) in [6.45, 7) is 24.9. The number of ether oxygens (including phenoxy) is 5. The standard InChI is InChI=1S/C45H85N2O3.C20H40NO2.U/c1-5-8-11-14-19-28-39-49-45(50-40-29-20-15-12-9-6-2)33-32-42(4)48-38-27-21-16-18-23-30-43-34-37-47(36-26-22-25-35-46)41-44(43)31-24-17-13-10-7-3;1-3-5-7-9-11-13-18-22-20(16-15-17-21)23-19-14-12-10-8-6-4-2;/h43-45H,3-34,36-41H2,1-2H3;20-21H,3-16,18-19H2,1-2H3;/q2*-1;+2. The topological polar surface area (TPSA) is 97.0 Å². The fraction of sp³-hybridized carbons (Fsp3) is 0.923. The molecule has 434 valence electrons. The molecular weight excluding hydrogens is 1140 g/mol. The van der Waals surface area contributed by atoms with Crippen molar-refractivity contribution >= 4 is 6.21 Å². The molecule has 1 heterocycles. The van der Waals surface area contributed by atoms with Gasteiger partial charge in [0.25, 0.3) is 0 Å². The molecule has 1 saturated heterocycles. The first-order valence-corrected chi connectivity index (χ1v) is 32.0. The first-order valence-electron chi connectivity index (χ1n) is 32.0. The fourth-order valence-electron chi connectivity index (χ4n) is 10.2. The van der Waals surface area contributed by atoms with Crippen LogP contribution in [-0.2, 0) is 23.7 Å². The van der Waals surface area contributed by atoms with Gasteiger partial charge in [-0.2, -0.15) is 18.1 Å². The molecule has 1 fully saturated rings. The third-order valence-electron chi connectivity index (χ3n) is 15.0. The van der Waals surface area contributed by atoms with Crippen molar-refractivity contribution < 1.29 is 54.8 Å². The van der Waals surface area contributed by atoms with Crippen LogP contribution in [0, 0.1) is 66.6 Å². The Labute approximate surface area is 486 Å². The van der Waals surface area contributed by atoms with Crippen LogP contribution in [-0.4, -0.2) is 76.4 Å². The SMILES string of the molecule is C=C(CCC(OCCCCCCCC)OCCCCCCCC)OCCCCCCCC1CCN(CCCCC#N)CC1CCCCCC[CH2-].CCCCCCCCOC(CC[C-]=N)OCCCCCCCC.[U+2]. The summed E-state index contributed by atoms with van der Waals surface area (Å²) in [4.78, 5) is 2.70. The minimum atomic E-state index is -0.140. The van der Waals surface area contributed by atoms with E-state index in [1.54, 1.807) is 0 Å². The monoisotopic (exact) mass is 1270 g/mol. The zero-order valence-electron chi connectivity index (χ0n) is 49.9. The summed E-state index contributed by atoms with van der Waals surface area (Å²) in [7, 11) is 0. The molecule has 0 aromatic rings. The Hall–Kier alpha value is -0.448. The van der Waals surface area contributed by atoms with Crippen LogP contribution in [0.2, 0.25) is 0 Å². The first-order chi connectivity index (χ1) is 36.0. The van der Waals surface area contributed by atoms with Crippen LogP contribution in [0.25, 0.3) is 0 Å². The van der Waals surface area contributed by atoms with Gasteiger partial charge in [-0.1, -0.05) is 220 Å². The number of hydrogen-bond acceptors (Lipinski definition) is 8. The maximum absolute atomic E-state index is 8.87. The molecule has 0 amide bonds. The molecule has 1 aliphatic rings. The van der Waals surface area contributed by atoms with E-state index in [-0.39, 0.29) is 43.7 Å². The van der Waals surface area contributed by atoms with Gasteiger partial charge < -0.3 is 47.1 Å².